The van der Waals surface area contributed by atoms with Crippen molar-refractivity contribution in [2.45, 2.75) is 38.8 Å². The van der Waals surface area contributed by atoms with Crippen LogP contribution in [0.3, 0.4) is 0 Å². The van der Waals surface area contributed by atoms with Crippen molar-refractivity contribution < 1.29 is 9.53 Å². The molecule has 0 aromatic heterocycles. The van der Waals surface area contributed by atoms with Crippen LogP contribution in [0.2, 0.25) is 5.02 Å². The number of nitrogens with one attached hydrogen (secondary N) is 1. The third kappa shape index (κ3) is 5.54. The summed E-state index contributed by atoms with van der Waals surface area (Å²) < 4.78 is 6.17. The first-order chi connectivity index (χ1) is 15.0. The van der Waals surface area contributed by atoms with E-state index in [0.717, 1.165) is 61.9 Å². The minimum atomic E-state index is -0.132. The first kappa shape index (κ1) is 22.4. The number of likely N-dealkylation sites (tertiary alicyclic amines) is 2. The second kappa shape index (κ2) is 10.2. The highest BCUT2D eigenvalue weighted by molar-refractivity contribution is 6.30. The van der Waals surface area contributed by atoms with Crippen molar-refractivity contribution in [3.05, 3.63) is 46.3 Å². The quantitative estimate of drug-likeness (QED) is 0.695. The van der Waals surface area contributed by atoms with Crippen molar-refractivity contribution in [3.8, 4) is 0 Å². The zero-order valence-corrected chi connectivity index (χ0v) is 19.5. The van der Waals surface area contributed by atoms with Crippen LogP contribution in [-0.4, -0.2) is 73.5 Å². The topological polar surface area (TPSA) is 48.1 Å². The van der Waals surface area contributed by atoms with Crippen molar-refractivity contribution in [1.29, 1.82) is 0 Å². The average molecular weight is 447 g/mol. The van der Waals surface area contributed by atoms with Gasteiger partial charge in [-0.3, -0.25) is 9.69 Å². The fraction of sp³-hybridized carbons (Fsp3) is 0.625. The van der Waals surface area contributed by atoms with E-state index in [1.54, 1.807) is 0 Å². The number of allylic oxidation sites excluding steroid dienone is 1. The molecular weight excluding hydrogens is 412 g/mol. The Labute approximate surface area is 191 Å². The fourth-order valence-electron chi connectivity index (χ4n) is 4.93. The number of nitrogens with zero attached hydrogens (tertiary/aromatic N) is 3. The molecule has 3 aliphatic heterocycles. The van der Waals surface area contributed by atoms with Crippen LogP contribution in [0, 0.1) is 5.92 Å². The van der Waals surface area contributed by atoms with Gasteiger partial charge in [0.05, 0.1) is 5.70 Å². The predicted molar refractivity (Wildman–Crippen MR) is 124 cm³/mol. The Kier molecular flexibility index (Phi) is 7.41. The molecule has 1 amide bonds. The molecule has 0 radical (unpaired) electrons. The monoisotopic (exact) mass is 446 g/mol. The number of carbonyl (C=O) groups excluding carboxylic acids is 1. The molecule has 31 heavy (non-hydrogen) atoms. The number of carbonyl (C=O) groups is 1. The molecule has 0 spiro atoms. The van der Waals surface area contributed by atoms with Gasteiger partial charge in [0.2, 0.25) is 5.91 Å². The number of likely N-dealkylation sites (N-methyl/N-ethyl adjacent to an activating group) is 1. The van der Waals surface area contributed by atoms with Gasteiger partial charge in [0.15, 0.2) is 6.23 Å². The molecular formula is C24H35ClN4O2. The minimum absolute atomic E-state index is 0.132. The van der Waals surface area contributed by atoms with Crippen LogP contribution in [-0.2, 0) is 9.53 Å². The highest BCUT2D eigenvalue weighted by Crippen LogP contribution is 2.36. The van der Waals surface area contributed by atoms with Crippen molar-refractivity contribution >= 4 is 17.5 Å². The Bertz CT molecular complexity index is 801. The molecule has 170 valence electrons. The fourth-order valence-corrected chi connectivity index (χ4v) is 5.13. The third-order valence-corrected chi connectivity index (χ3v) is 7.10. The second-order valence-corrected chi connectivity index (χ2v) is 9.47. The number of benzene rings is 1. The highest BCUT2D eigenvalue weighted by Gasteiger charge is 2.32. The lowest BCUT2D eigenvalue weighted by atomic mass is 9.95. The Hall–Kier alpha value is -1.76. The molecule has 6 nitrogen and oxygen atoms in total. The maximum atomic E-state index is 12.6. The normalized spacial score (nSPS) is 23.5. The van der Waals surface area contributed by atoms with Crippen LogP contribution in [0.25, 0.3) is 0 Å². The summed E-state index contributed by atoms with van der Waals surface area (Å²) in [5, 5.41) is 3.89. The van der Waals surface area contributed by atoms with Crippen LogP contribution in [0.5, 0.6) is 0 Å². The smallest absolute Gasteiger partial charge is 0.223 e. The summed E-state index contributed by atoms with van der Waals surface area (Å²) in [4.78, 5) is 19.6. The van der Waals surface area contributed by atoms with Gasteiger partial charge in [-0.1, -0.05) is 23.7 Å². The van der Waals surface area contributed by atoms with E-state index < -0.39 is 0 Å². The van der Waals surface area contributed by atoms with E-state index in [1.165, 1.54) is 31.6 Å². The molecule has 4 rings (SSSR count). The van der Waals surface area contributed by atoms with Gasteiger partial charge in [0.1, 0.15) is 5.76 Å². The summed E-state index contributed by atoms with van der Waals surface area (Å²) in [6, 6.07) is 7.86. The average Bonchev–Trinajstić information content (AvgIpc) is 3.38. The van der Waals surface area contributed by atoms with Crippen LogP contribution >= 0.6 is 11.6 Å². The number of halogens is 1. The maximum Gasteiger partial charge on any atom is 0.223 e. The van der Waals surface area contributed by atoms with Crippen LogP contribution < -0.4 is 5.32 Å². The molecule has 2 saturated heterocycles. The van der Waals surface area contributed by atoms with E-state index in [4.69, 9.17) is 16.3 Å². The van der Waals surface area contributed by atoms with Gasteiger partial charge in [-0.2, -0.15) is 0 Å². The Morgan fingerprint density at radius 3 is 2.61 bits per heavy atom. The van der Waals surface area contributed by atoms with Gasteiger partial charge in [-0.05, 0) is 70.9 Å². The lowest BCUT2D eigenvalue weighted by molar-refractivity contribution is -0.126. The predicted octanol–water partition coefficient (Wildman–Crippen LogP) is 3.46. The molecule has 7 heteroatoms. The summed E-state index contributed by atoms with van der Waals surface area (Å²) in [5.74, 6) is 1.34. The Morgan fingerprint density at radius 2 is 1.90 bits per heavy atom. The van der Waals surface area contributed by atoms with E-state index in [2.05, 4.69) is 33.1 Å². The number of hydrogen-bond acceptors (Lipinski definition) is 5. The Morgan fingerprint density at radius 1 is 1.16 bits per heavy atom. The van der Waals surface area contributed by atoms with Gasteiger partial charge in [0.25, 0.3) is 0 Å². The molecule has 0 bridgehead atoms. The zero-order valence-electron chi connectivity index (χ0n) is 18.8. The van der Waals surface area contributed by atoms with Crippen molar-refractivity contribution in [2.75, 3.05) is 52.9 Å². The SMILES string of the molecule is CC1=C(CN2CCC(C(=O)NCCN3CCCC3)CC2)N(C)C(c2cccc(Cl)c2)O1. The van der Waals surface area contributed by atoms with Gasteiger partial charge in [0, 0.05) is 43.2 Å². The number of ether oxygens (including phenoxy) is 1. The number of piperidine rings is 1. The molecule has 1 aromatic rings. The lowest BCUT2D eigenvalue weighted by Gasteiger charge is -2.33. The first-order valence-corrected chi connectivity index (χ1v) is 12.0. The summed E-state index contributed by atoms with van der Waals surface area (Å²) in [7, 11) is 2.08. The zero-order chi connectivity index (χ0) is 21.8. The van der Waals surface area contributed by atoms with Crippen molar-refractivity contribution in [2.24, 2.45) is 5.92 Å². The van der Waals surface area contributed by atoms with Gasteiger partial charge in [-0.25, -0.2) is 0 Å². The minimum Gasteiger partial charge on any atom is -0.469 e. The van der Waals surface area contributed by atoms with Crippen molar-refractivity contribution in [1.82, 2.24) is 20.0 Å². The summed E-state index contributed by atoms with van der Waals surface area (Å²) in [6.07, 6.45) is 4.30. The van der Waals surface area contributed by atoms with E-state index in [9.17, 15) is 4.79 Å². The number of amides is 1. The molecule has 0 aliphatic carbocycles. The molecule has 1 unspecified atom stereocenters. The standard InChI is InChI=1S/C24H35ClN4O2/c1-18-22(27(2)24(31-18)20-6-5-7-21(25)16-20)17-29-13-8-19(9-14-29)23(30)26-10-15-28-11-3-4-12-28/h5-7,16,19,24H,3-4,8-15,17H2,1-2H3,(H,26,30). The lowest BCUT2D eigenvalue weighted by Crippen LogP contribution is -2.43. The molecule has 1 N–H and O–H groups in total. The highest BCUT2D eigenvalue weighted by atomic mass is 35.5. The molecule has 2 fully saturated rings. The van der Waals surface area contributed by atoms with Crippen molar-refractivity contribution in [3.63, 3.8) is 0 Å². The van der Waals surface area contributed by atoms with Gasteiger partial charge >= 0.3 is 0 Å². The molecule has 1 atom stereocenters. The van der Waals surface area contributed by atoms with E-state index in [1.807, 2.05) is 25.1 Å². The van der Waals surface area contributed by atoms with Crippen LogP contribution in [0.15, 0.2) is 35.7 Å². The number of hydrogen-bond donors (Lipinski definition) is 1. The third-order valence-electron chi connectivity index (χ3n) is 6.86. The summed E-state index contributed by atoms with van der Waals surface area (Å²) in [6.45, 7) is 8.89. The molecule has 3 aliphatic rings. The van der Waals surface area contributed by atoms with Crippen LogP contribution in [0.1, 0.15) is 44.4 Å². The van der Waals surface area contributed by atoms with E-state index >= 15 is 0 Å². The first-order valence-electron chi connectivity index (χ1n) is 11.6. The maximum absolute atomic E-state index is 12.6. The molecule has 3 heterocycles. The van der Waals surface area contributed by atoms with Gasteiger partial charge in [-0.15, -0.1) is 0 Å². The van der Waals surface area contributed by atoms with Gasteiger partial charge < -0.3 is 19.9 Å². The molecule has 0 saturated carbocycles. The van der Waals surface area contributed by atoms with E-state index in [-0.39, 0.29) is 18.1 Å². The second-order valence-electron chi connectivity index (χ2n) is 9.03. The largest absolute Gasteiger partial charge is 0.469 e. The molecule has 1 aromatic carbocycles. The summed E-state index contributed by atoms with van der Waals surface area (Å²) in [5.41, 5.74) is 2.27. The Balaban J connectivity index is 1.23. The van der Waals surface area contributed by atoms with Crippen LogP contribution in [0.4, 0.5) is 0 Å². The number of rotatable bonds is 7. The summed E-state index contributed by atoms with van der Waals surface area (Å²) >= 11 is 6.17. The van der Waals surface area contributed by atoms with E-state index in [0.29, 0.717) is 0 Å².